The van der Waals surface area contributed by atoms with Crippen molar-refractivity contribution < 1.29 is 8.42 Å². The maximum atomic E-state index is 11.4. The van der Waals surface area contributed by atoms with Crippen LogP contribution in [0.5, 0.6) is 0 Å². The van der Waals surface area contributed by atoms with Gasteiger partial charge in [0.25, 0.3) is 0 Å². The van der Waals surface area contributed by atoms with Crippen LogP contribution in [-0.4, -0.2) is 14.1 Å². The molecule has 130 valence electrons. The first kappa shape index (κ1) is 16.7. The number of aliphatic imine (C=N–C) groups is 1. The summed E-state index contributed by atoms with van der Waals surface area (Å²) in [4.78, 5) is 4.86. The van der Waals surface area contributed by atoms with E-state index in [0.29, 0.717) is 6.42 Å². The van der Waals surface area contributed by atoms with Gasteiger partial charge < -0.3 is 0 Å². The first-order valence-electron chi connectivity index (χ1n) is 8.31. The lowest BCUT2D eigenvalue weighted by atomic mass is 9.95. The van der Waals surface area contributed by atoms with E-state index in [0.717, 1.165) is 17.0 Å². The van der Waals surface area contributed by atoms with Gasteiger partial charge in [0.1, 0.15) is 0 Å². The largest absolute Gasteiger partial charge is 0.252 e. The van der Waals surface area contributed by atoms with E-state index in [1.54, 1.807) is 12.1 Å². The minimum atomic E-state index is -3.68. The molecule has 0 amide bonds. The average Bonchev–Trinajstić information content (AvgIpc) is 3.06. The Labute approximate surface area is 153 Å². The maximum absolute atomic E-state index is 11.4. The van der Waals surface area contributed by atoms with Crippen molar-refractivity contribution in [2.45, 2.75) is 18.2 Å². The molecule has 0 unspecified atom stereocenters. The molecule has 3 aromatic carbocycles. The fourth-order valence-electron chi connectivity index (χ4n) is 3.22. The summed E-state index contributed by atoms with van der Waals surface area (Å²) in [5.74, 6) is 0. The van der Waals surface area contributed by atoms with Crippen LogP contribution in [0.3, 0.4) is 0 Å². The molecule has 0 saturated carbocycles. The van der Waals surface area contributed by atoms with Crippen molar-refractivity contribution in [2.24, 2.45) is 10.1 Å². The Morgan fingerprint density at radius 1 is 0.885 bits per heavy atom. The zero-order valence-corrected chi connectivity index (χ0v) is 15.1. The molecular formula is C21H18N2O2S. The van der Waals surface area contributed by atoms with Gasteiger partial charge in [0.2, 0.25) is 10.0 Å². The Bertz CT molecular complexity index is 1110. The van der Waals surface area contributed by atoms with E-state index in [1.807, 2.05) is 12.1 Å². The molecule has 0 atom stereocenters. The lowest BCUT2D eigenvalue weighted by Gasteiger charge is -2.08. The Morgan fingerprint density at radius 3 is 2.19 bits per heavy atom. The van der Waals surface area contributed by atoms with E-state index in [9.17, 15) is 8.42 Å². The second kappa shape index (κ2) is 6.20. The standard InChI is InChI=1S/C21H18N2O2S/c1-14-5-7-15(8-6-14)18-3-2-4-20-19(18)13-21(23-20)16-9-11-17(12-10-16)26(22,24)25/h2-12H,13H2,1H3,(H2,22,24,25). The molecule has 1 aliphatic heterocycles. The topological polar surface area (TPSA) is 72.5 Å². The number of fused-ring (bicyclic) bond motifs is 1. The van der Waals surface area contributed by atoms with Gasteiger partial charge in [-0.05, 0) is 47.4 Å². The molecule has 0 aromatic heterocycles. The molecular weight excluding hydrogens is 344 g/mol. The van der Waals surface area contributed by atoms with Gasteiger partial charge in [0, 0.05) is 6.42 Å². The number of hydrogen-bond acceptors (Lipinski definition) is 3. The summed E-state index contributed by atoms with van der Waals surface area (Å²) in [5.41, 5.74) is 7.59. The van der Waals surface area contributed by atoms with Gasteiger partial charge in [0.05, 0.1) is 16.3 Å². The van der Waals surface area contributed by atoms with Crippen molar-refractivity contribution in [3.05, 3.63) is 83.4 Å². The van der Waals surface area contributed by atoms with E-state index in [2.05, 4.69) is 37.3 Å². The summed E-state index contributed by atoms with van der Waals surface area (Å²) in [6, 6.07) is 21.2. The highest BCUT2D eigenvalue weighted by atomic mass is 32.2. The first-order chi connectivity index (χ1) is 12.4. The van der Waals surface area contributed by atoms with Gasteiger partial charge in [-0.1, -0.05) is 54.1 Å². The highest BCUT2D eigenvalue weighted by Gasteiger charge is 2.20. The van der Waals surface area contributed by atoms with Crippen LogP contribution in [-0.2, 0) is 16.4 Å². The highest BCUT2D eigenvalue weighted by molar-refractivity contribution is 7.89. The normalized spacial score (nSPS) is 13.4. The third-order valence-corrected chi connectivity index (χ3v) is 5.56. The zero-order chi connectivity index (χ0) is 18.3. The van der Waals surface area contributed by atoms with Crippen LogP contribution >= 0.6 is 0 Å². The second-order valence-electron chi connectivity index (χ2n) is 6.47. The van der Waals surface area contributed by atoms with Crippen LogP contribution < -0.4 is 5.14 Å². The smallest absolute Gasteiger partial charge is 0.238 e. The first-order valence-corrected chi connectivity index (χ1v) is 9.86. The molecule has 0 saturated heterocycles. The van der Waals surface area contributed by atoms with E-state index in [1.165, 1.54) is 34.4 Å². The van der Waals surface area contributed by atoms with Crippen molar-refractivity contribution in [1.82, 2.24) is 0 Å². The van der Waals surface area contributed by atoms with E-state index >= 15 is 0 Å². The Hall–Kier alpha value is -2.76. The molecule has 4 nitrogen and oxygen atoms in total. The van der Waals surface area contributed by atoms with Crippen molar-refractivity contribution in [2.75, 3.05) is 0 Å². The van der Waals surface area contributed by atoms with E-state index < -0.39 is 10.0 Å². The highest BCUT2D eigenvalue weighted by Crippen LogP contribution is 2.36. The predicted molar refractivity (Wildman–Crippen MR) is 104 cm³/mol. The Morgan fingerprint density at radius 2 is 1.54 bits per heavy atom. The molecule has 0 radical (unpaired) electrons. The molecule has 0 bridgehead atoms. The molecule has 3 aromatic rings. The van der Waals surface area contributed by atoms with Gasteiger partial charge in [-0.2, -0.15) is 0 Å². The van der Waals surface area contributed by atoms with Crippen LogP contribution in [0.4, 0.5) is 5.69 Å². The van der Waals surface area contributed by atoms with Gasteiger partial charge in [-0.3, -0.25) is 4.99 Å². The lowest BCUT2D eigenvalue weighted by Crippen LogP contribution is -2.12. The maximum Gasteiger partial charge on any atom is 0.238 e. The van der Waals surface area contributed by atoms with Gasteiger partial charge >= 0.3 is 0 Å². The van der Waals surface area contributed by atoms with Crippen molar-refractivity contribution in [1.29, 1.82) is 0 Å². The monoisotopic (exact) mass is 362 g/mol. The minimum Gasteiger partial charge on any atom is -0.252 e. The summed E-state index contributed by atoms with van der Waals surface area (Å²) in [7, 11) is -3.68. The number of sulfonamides is 1. The third kappa shape index (κ3) is 3.07. The number of nitrogens with zero attached hydrogens (tertiary/aromatic N) is 1. The average molecular weight is 362 g/mol. The summed E-state index contributed by atoms with van der Waals surface area (Å²) >= 11 is 0. The number of hydrogen-bond donors (Lipinski definition) is 1. The quantitative estimate of drug-likeness (QED) is 0.765. The predicted octanol–water partition coefficient (Wildman–Crippen LogP) is 3.99. The number of nitrogens with two attached hydrogens (primary N) is 1. The summed E-state index contributed by atoms with van der Waals surface area (Å²) in [6.07, 6.45) is 0.716. The zero-order valence-electron chi connectivity index (χ0n) is 14.3. The summed E-state index contributed by atoms with van der Waals surface area (Å²) < 4.78 is 22.8. The van der Waals surface area contributed by atoms with Gasteiger partial charge in [-0.15, -0.1) is 0 Å². The van der Waals surface area contributed by atoms with Crippen LogP contribution in [0.2, 0.25) is 0 Å². The van der Waals surface area contributed by atoms with Crippen molar-refractivity contribution in [3.63, 3.8) is 0 Å². The number of primary sulfonamides is 1. The second-order valence-corrected chi connectivity index (χ2v) is 8.04. The van der Waals surface area contributed by atoms with Crippen molar-refractivity contribution >= 4 is 21.4 Å². The summed E-state index contributed by atoms with van der Waals surface area (Å²) in [5, 5.41) is 5.17. The number of aryl methyl sites for hydroxylation is 1. The molecule has 26 heavy (non-hydrogen) atoms. The number of rotatable bonds is 3. The van der Waals surface area contributed by atoms with Gasteiger partial charge in [0.15, 0.2) is 0 Å². The van der Waals surface area contributed by atoms with Crippen LogP contribution in [0.25, 0.3) is 11.1 Å². The van der Waals surface area contributed by atoms with Crippen LogP contribution in [0.1, 0.15) is 16.7 Å². The molecule has 0 spiro atoms. The fourth-order valence-corrected chi connectivity index (χ4v) is 3.74. The lowest BCUT2D eigenvalue weighted by molar-refractivity contribution is 0.598. The Kier molecular flexibility index (Phi) is 3.98. The molecule has 0 fully saturated rings. The Balaban J connectivity index is 1.68. The molecule has 1 heterocycles. The number of benzene rings is 3. The molecule has 0 aliphatic carbocycles. The van der Waals surface area contributed by atoms with Gasteiger partial charge in [-0.25, -0.2) is 13.6 Å². The van der Waals surface area contributed by atoms with Crippen LogP contribution in [0, 0.1) is 6.92 Å². The fraction of sp³-hybridized carbons (Fsp3) is 0.0952. The minimum absolute atomic E-state index is 0.109. The third-order valence-electron chi connectivity index (χ3n) is 4.63. The molecule has 4 rings (SSSR count). The SMILES string of the molecule is Cc1ccc(-c2cccc3c2CC(c2ccc(S(N)(=O)=O)cc2)=N3)cc1. The molecule has 2 N–H and O–H groups in total. The van der Waals surface area contributed by atoms with Crippen LogP contribution in [0.15, 0.2) is 76.6 Å². The van der Waals surface area contributed by atoms with E-state index in [4.69, 9.17) is 10.1 Å². The molecule has 1 aliphatic rings. The van der Waals surface area contributed by atoms with Crippen molar-refractivity contribution in [3.8, 4) is 11.1 Å². The summed E-state index contributed by atoms with van der Waals surface area (Å²) in [6.45, 7) is 2.08. The van der Waals surface area contributed by atoms with E-state index in [-0.39, 0.29) is 4.90 Å². The molecule has 5 heteroatoms.